The maximum Gasteiger partial charge on any atom is 0.210 e. The van der Waals surface area contributed by atoms with Crippen LogP contribution in [-0.2, 0) is 9.84 Å². The first-order chi connectivity index (χ1) is 8.84. The summed E-state index contributed by atoms with van der Waals surface area (Å²) in [4.78, 5) is -0.0151. The molecule has 0 saturated carbocycles. The maximum atomic E-state index is 12.6. The number of aryl methyl sites for hydroxylation is 2. The molecule has 2 N–H and O–H groups in total. The van der Waals surface area contributed by atoms with Gasteiger partial charge in [0.05, 0.1) is 4.90 Å². The molecule has 0 radical (unpaired) electrons. The highest BCUT2D eigenvalue weighted by molar-refractivity contribution is 7.91. The first kappa shape index (κ1) is 13.4. The molecular weight excluding hydrogens is 264 g/mol. The molecule has 0 aromatic heterocycles. The monoisotopic (exact) mass is 278 g/mol. The van der Waals surface area contributed by atoms with Gasteiger partial charge in [0, 0.05) is 0 Å². The number of sulfone groups is 1. The number of hydrogen-bond donors (Lipinski definition) is 2. The summed E-state index contributed by atoms with van der Waals surface area (Å²) in [6.07, 6.45) is 0. The highest BCUT2D eigenvalue weighted by Gasteiger charge is 2.25. The van der Waals surface area contributed by atoms with Crippen molar-refractivity contribution in [1.29, 1.82) is 0 Å². The van der Waals surface area contributed by atoms with Gasteiger partial charge in [0.1, 0.15) is 16.4 Å². The van der Waals surface area contributed by atoms with Crippen LogP contribution in [0.1, 0.15) is 11.1 Å². The van der Waals surface area contributed by atoms with Crippen molar-refractivity contribution in [3.63, 3.8) is 0 Å². The fraction of sp³-hybridized carbons (Fsp3) is 0.143. The van der Waals surface area contributed by atoms with Crippen molar-refractivity contribution in [2.24, 2.45) is 0 Å². The minimum atomic E-state index is -3.81. The third kappa shape index (κ3) is 2.29. The van der Waals surface area contributed by atoms with Crippen molar-refractivity contribution < 1.29 is 18.6 Å². The first-order valence-corrected chi connectivity index (χ1v) is 7.15. The Kier molecular flexibility index (Phi) is 3.24. The van der Waals surface area contributed by atoms with Crippen molar-refractivity contribution >= 4 is 9.84 Å². The van der Waals surface area contributed by atoms with Crippen LogP contribution in [0.4, 0.5) is 0 Å². The summed E-state index contributed by atoms with van der Waals surface area (Å²) in [7, 11) is -3.81. The number of rotatable bonds is 2. The van der Waals surface area contributed by atoms with Crippen LogP contribution in [0.25, 0.3) is 0 Å². The highest BCUT2D eigenvalue weighted by Crippen LogP contribution is 2.33. The third-order valence-electron chi connectivity index (χ3n) is 2.91. The summed E-state index contributed by atoms with van der Waals surface area (Å²) < 4.78 is 25.1. The van der Waals surface area contributed by atoms with Gasteiger partial charge >= 0.3 is 0 Å². The maximum absolute atomic E-state index is 12.6. The van der Waals surface area contributed by atoms with E-state index < -0.39 is 9.84 Å². The van der Waals surface area contributed by atoms with Crippen molar-refractivity contribution in [1.82, 2.24) is 0 Å². The molecule has 0 aliphatic rings. The van der Waals surface area contributed by atoms with Crippen LogP contribution in [0.15, 0.2) is 46.2 Å². The van der Waals surface area contributed by atoms with Crippen LogP contribution in [0, 0.1) is 13.8 Å². The molecule has 2 aromatic carbocycles. The molecule has 0 bridgehead atoms. The van der Waals surface area contributed by atoms with Crippen molar-refractivity contribution in [3.05, 3.63) is 47.5 Å². The number of aromatic hydroxyl groups is 2. The van der Waals surface area contributed by atoms with E-state index in [-0.39, 0.29) is 21.3 Å². The predicted molar refractivity (Wildman–Crippen MR) is 71.1 cm³/mol. The number of phenols is 2. The van der Waals surface area contributed by atoms with Gasteiger partial charge < -0.3 is 10.2 Å². The summed E-state index contributed by atoms with van der Waals surface area (Å²) in [5.74, 6) is -0.266. The van der Waals surface area contributed by atoms with Crippen LogP contribution in [0.2, 0.25) is 0 Å². The normalized spacial score (nSPS) is 11.5. The van der Waals surface area contributed by atoms with Gasteiger partial charge in [-0.2, -0.15) is 0 Å². The zero-order valence-corrected chi connectivity index (χ0v) is 11.4. The lowest BCUT2D eigenvalue weighted by atomic mass is 10.2. The number of hydrogen-bond acceptors (Lipinski definition) is 4. The van der Waals surface area contributed by atoms with Gasteiger partial charge in [0.2, 0.25) is 9.84 Å². The van der Waals surface area contributed by atoms with Crippen LogP contribution in [0.5, 0.6) is 11.5 Å². The third-order valence-corrected chi connectivity index (χ3v) is 5.01. The lowest BCUT2D eigenvalue weighted by molar-refractivity contribution is 0.457. The minimum absolute atomic E-state index is 0.00505. The van der Waals surface area contributed by atoms with Gasteiger partial charge in [-0.05, 0) is 49.2 Å². The topological polar surface area (TPSA) is 74.6 Å². The van der Waals surface area contributed by atoms with Crippen LogP contribution < -0.4 is 0 Å². The Hall–Kier alpha value is -2.01. The molecule has 2 aromatic rings. The molecule has 0 aliphatic carbocycles. The Labute approximate surface area is 111 Å². The van der Waals surface area contributed by atoms with Gasteiger partial charge in [0.15, 0.2) is 0 Å². The number of phenolic OH excluding ortho intramolecular Hbond substituents is 2. The molecule has 0 saturated heterocycles. The highest BCUT2D eigenvalue weighted by atomic mass is 32.2. The Morgan fingerprint density at radius 1 is 0.947 bits per heavy atom. The lowest BCUT2D eigenvalue weighted by Gasteiger charge is -2.11. The molecule has 100 valence electrons. The van der Waals surface area contributed by atoms with E-state index in [1.165, 1.54) is 24.3 Å². The second kappa shape index (κ2) is 4.59. The second-order valence-electron chi connectivity index (χ2n) is 4.38. The second-order valence-corrected chi connectivity index (χ2v) is 6.23. The fourth-order valence-electron chi connectivity index (χ4n) is 2.03. The summed E-state index contributed by atoms with van der Waals surface area (Å²) in [5, 5.41) is 19.1. The molecule has 19 heavy (non-hydrogen) atoms. The van der Waals surface area contributed by atoms with Crippen molar-refractivity contribution in [2.45, 2.75) is 23.6 Å². The molecule has 0 aliphatic heterocycles. The quantitative estimate of drug-likeness (QED) is 0.885. The van der Waals surface area contributed by atoms with Gasteiger partial charge in [-0.3, -0.25) is 0 Å². The smallest absolute Gasteiger partial charge is 0.210 e. The molecule has 5 heteroatoms. The Morgan fingerprint density at radius 3 is 2.21 bits per heavy atom. The van der Waals surface area contributed by atoms with E-state index in [4.69, 9.17) is 0 Å². The summed E-state index contributed by atoms with van der Waals surface area (Å²) in [6.45, 7) is 3.23. The SMILES string of the molecule is Cc1cc(O)ccc1S(=O)(=O)c1c(C)cccc1O. The minimum Gasteiger partial charge on any atom is -0.508 e. The molecular formula is C14H14O4S. The molecule has 4 nitrogen and oxygen atoms in total. The zero-order chi connectivity index (χ0) is 14.2. The molecule has 0 heterocycles. The molecule has 2 rings (SSSR count). The largest absolute Gasteiger partial charge is 0.508 e. The van der Waals surface area contributed by atoms with E-state index in [9.17, 15) is 18.6 Å². The first-order valence-electron chi connectivity index (χ1n) is 5.67. The van der Waals surface area contributed by atoms with Gasteiger partial charge in [-0.15, -0.1) is 0 Å². The van der Waals surface area contributed by atoms with E-state index in [1.54, 1.807) is 26.0 Å². The van der Waals surface area contributed by atoms with E-state index >= 15 is 0 Å². The summed E-state index contributed by atoms with van der Waals surface area (Å²) >= 11 is 0. The number of benzene rings is 2. The molecule has 0 spiro atoms. The zero-order valence-electron chi connectivity index (χ0n) is 10.6. The Morgan fingerprint density at radius 2 is 1.63 bits per heavy atom. The molecule has 0 amide bonds. The van der Waals surface area contributed by atoms with E-state index in [0.29, 0.717) is 11.1 Å². The van der Waals surface area contributed by atoms with Gasteiger partial charge in [0.25, 0.3) is 0 Å². The average molecular weight is 278 g/mol. The van der Waals surface area contributed by atoms with Crippen LogP contribution in [0.3, 0.4) is 0 Å². The van der Waals surface area contributed by atoms with Gasteiger partial charge in [-0.1, -0.05) is 12.1 Å². The van der Waals surface area contributed by atoms with Crippen molar-refractivity contribution in [2.75, 3.05) is 0 Å². The predicted octanol–water partition coefficient (Wildman–Crippen LogP) is 2.55. The lowest BCUT2D eigenvalue weighted by Crippen LogP contribution is -2.06. The van der Waals surface area contributed by atoms with E-state index in [2.05, 4.69) is 0 Å². The fourth-order valence-corrected chi connectivity index (χ4v) is 3.82. The summed E-state index contributed by atoms with van der Waals surface area (Å²) in [6, 6.07) is 8.59. The van der Waals surface area contributed by atoms with Crippen LogP contribution >= 0.6 is 0 Å². The molecule has 0 fully saturated rings. The Bertz CT molecular complexity index is 713. The average Bonchev–Trinajstić information content (AvgIpc) is 2.27. The standard InChI is InChI=1S/C14H14O4S/c1-9-4-3-5-12(16)14(9)19(17,18)13-7-6-11(15)8-10(13)2/h3-8,15-16H,1-2H3. The molecule has 0 atom stereocenters. The Balaban J connectivity index is 2.73. The van der Waals surface area contributed by atoms with E-state index in [1.807, 2.05) is 0 Å². The molecule has 0 unspecified atom stereocenters. The summed E-state index contributed by atoms with van der Waals surface area (Å²) in [5.41, 5.74) is 0.912. The van der Waals surface area contributed by atoms with Crippen LogP contribution in [-0.4, -0.2) is 18.6 Å². The van der Waals surface area contributed by atoms with Crippen molar-refractivity contribution in [3.8, 4) is 11.5 Å². The van der Waals surface area contributed by atoms with Gasteiger partial charge in [-0.25, -0.2) is 8.42 Å². The van der Waals surface area contributed by atoms with E-state index in [0.717, 1.165) is 0 Å².